The van der Waals surface area contributed by atoms with Gasteiger partial charge < -0.3 is 10.5 Å². The molecule has 1 rings (SSSR count). The van der Waals surface area contributed by atoms with Gasteiger partial charge in [0, 0.05) is 11.3 Å². The fourth-order valence-electron chi connectivity index (χ4n) is 1.41. The quantitative estimate of drug-likeness (QED) is 0.503. The Labute approximate surface area is 106 Å². The summed E-state index contributed by atoms with van der Waals surface area (Å²) < 4.78 is 5.08. The van der Waals surface area contributed by atoms with Crippen LogP contribution in [0.15, 0.2) is 42.5 Å². The molecular weight excluding hydrogens is 232 g/mol. The topological polar surface area (TPSA) is 72.6 Å². The van der Waals surface area contributed by atoms with E-state index in [9.17, 15) is 9.59 Å². The number of nitrogens with two attached hydrogens (primary N) is 1. The molecule has 5 heteroatoms. The second-order valence-electron chi connectivity index (χ2n) is 3.83. The normalized spacial score (nSPS) is 11.4. The van der Waals surface area contributed by atoms with Crippen molar-refractivity contribution < 1.29 is 14.3 Å². The standard InChI is InChI=1S/C13H16N2O3/c1-9(2)12(16)18-10(3)15(13(14)17)11-7-5-4-6-8-11/h4-8,10H,1H2,2-3H3,(H2,14,17). The molecule has 1 atom stereocenters. The summed E-state index contributed by atoms with van der Waals surface area (Å²) in [5, 5.41) is 0. The van der Waals surface area contributed by atoms with Crippen LogP contribution in [0.5, 0.6) is 0 Å². The number of esters is 1. The Morgan fingerprint density at radius 1 is 1.33 bits per heavy atom. The van der Waals surface area contributed by atoms with E-state index in [1.807, 2.05) is 6.07 Å². The molecule has 0 aliphatic rings. The van der Waals surface area contributed by atoms with Crippen LogP contribution in [-0.2, 0) is 9.53 Å². The molecule has 0 fully saturated rings. The molecule has 96 valence electrons. The van der Waals surface area contributed by atoms with Gasteiger partial charge in [-0.25, -0.2) is 9.59 Å². The largest absolute Gasteiger partial charge is 0.438 e. The number of carbonyl (C=O) groups is 2. The lowest BCUT2D eigenvalue weighted by atomic mass is 10.3. The fourth-order valence-corrected chi connectivity index (χ4v) is 1.41. The van der Waals surface area contributed by atoms with Crippen molar-refractivity contribution in [2.45, 2.75) is 20.1 Å². The van der Waals surface area contributed by atoms with Gasteiger partial charge in [0.15, 0.2) is 6.23 Å². The zero-order chi connectivity index (χ0) is 13.7. The van der Waals surface area contributed by atoms with Crippen LogP contribution in [0.4, 0.5) is 10.5 Å². The van der Waals surface area contributed by atoms with Crippen LogP contribution in [0.25, 0.3) is 0 Å². The molecule has 2 N–H and O–H groups in total. The van der Waals surface area contributed by atoms with Crippen molar-refractivity contribution in [1.82, 2.24) is 0 Å². The van der Waals surface area contributed by atoms with E-state index in [1.165, 1.54) is 11.8 Å². The Kier molecular flexibility index (Phi) is 4.48. The highest BCUT2D eigenvalue weighted by atomic mass is 16.6. The minimum absolute atomic E-state index is 0.263. The first kappa shape index (κ1) is 13.8. The number of nitrogens with zero attached hydrogens (tertiary/aromatic N) is 1. The second kappa shape index (κ2) is 5.86. The van der Waals surface area contributed by atoms with Crippen LogP contribution in [0, 0.1) is 0 Å². The van der Waals surface area contributed by atoms with E-state index in [0.717, 1.165) is 0 Å². The number of benzene rings is 1. The summed E-state index contributed by atoms with van der Waals surface area (Å²) in [5.41, 5.74) is 6.12. The molecule has 0 saturated heterocycles. The molecule has 1 aromatic carbocycles. The van der Waals surface area contributed by atoms with Gasteiger partial charge >= 0.3 is 12.0 Å². The molecule has 0 radical (unpaired) electrons. The van der Waals surface area contributed by atoms with Gasteiger partial charge in [-0.1, -0.05) is 24.8 Å². The smallest absolute Gasteiger partial charge is 0.335 e. The summed E-state index contributed by atoms with van der Waals surface area (Å²) in [6.07, 6.45) is -0.797. The molecule has 0 bridgehead atoms. The van der Waals surface area contributed by atoms with Gasteiger partial charge in [-0.15, -0.1) is 0 Å². The van der Waals surface area contributed by atoms with Crippen molar-refractivity contribution in [2.24, 2.45) is 5.73 Å². The highest BCUT2D eigenvalue weighted by Gasteiger charge is 2.22. The molecule has 5 nitrogen and oxygen atoms in total. The zero-order valence-electron chi connectivity index (χ0n) is 10.4. The maximum Gasteiger partial charge on any atom is 0.335 e. The Bertz CT molecular complexity index is 457. The summed E-state index contributed by atoms with van der Waals surface area (Å²) in [6, 6.07) is 8.05. The summed E-state index contributed by atoms with van der Waals surface area (Å²) >= 11 is 0. The van der Waals surface area contributed by atoms with Crippen LogP contribution in [0.2, 0.25) is 0 Å². The Morgan fingerprint density at radius 3 is 2.33 bits per heavy atom. The zero-order valence-corrected chi connectivity index (χ0v) is 10.4. The maximum absolute atomic E-state index is 11.4. The lowest BCUT2D eigenvalue weighted by molar-refractivity contribution is -0.142. The number of urea groups is 1. The van der Waals surface area contributed by atoms with E-state index < -0.39 is 18.2 Å². The average molecular weight is 248 g/mol. The van der Waals surface area contributed by atoms with E-state index >= 15 is 0 Å². The Balaban J connectivity index is 2.90. The van der Waals surface area contributed by atoms with Crippen LogP contribution in [0.1, 0.15) is 13.8 Å². The summed E-state index contributed by atoms with van der Waals surface area (Å²) in [5.74, 6) is -0.565. The highest BCUT2D eigenvalue weighted by molar-refractivity contribution is 5.92. The third-order valence-electron chi connectivity index (χ3n) is 2.26. The number of amides is 2. The van der Waals surface area contributed by atoms with Gasteiger partial charge in [0.1, 0.15) is 0 Å². The van der Waals surface area contributed by atoms with Crippen LogP contribution >= 0.6 is 0 Å². The minimum atomic E-state index is -0.797. The van der Waals surface area contributed by atoms with Crippen molar-refractivity contribution in [3.63, 3.8) is 0 Å². The van der Waals surface area contributed by atoms with Crippen molar-refractivity contribution in [1.29, 1.82) is 0 Å². The van der Waals surface area contributed by atoms with Crippen LogP contribution in [0.3, 0.4) is 0 Å². The van der Waals surface area contributed by atoms with Gasteiger partial charge in [-0.05, 0) is 26.0 Å². The first-order chi connectivity index (χ1) is 8.43. The number of primary amides is 1. The Hall–Kier alpha value is -2.30. The van der Waals surface area contributed by atoms with E-state index in [2.05, 4.69) is 6.58 Å². The Morgan fingerprint density at radius 2 is 1.89 bits per heavy atom. The summed E-state index contributed by atoms with van der Waals surface area (Å²) in [4.78, 5) is 24.0. The first-order valence-corrected chi connectivity index (χ1v) is 5.43. The molecule has 0 saturated carbocycles. The fraction of sp³-hybridized carbons (Fsp3) is 0.231. The van der Waals surface area contributed by atoms with Gasteiger partial charge in [0.2, 0.25) is 0 Å². The minimum Gasteiger partial charge on any atom is -0.438 e. The summed E-state index contributed by atoms with van der Waals surface area (Å²) in [6.45, 7) is 6.58. The SMILES string of the molecule is C=C(C)C(=O)OC(C)N(C(N)=O)c1ccccc1. The molecule has 0 aliphatic heterocycles. The lowest BCUT2D eigenvalue weighted by Crippen LogP contribution is -2.44. The molecule has 0 aromatic heterocycles. The highest BCUT2D eigenvalue weighted by Crippen LogP contribution is 2.17. The molecule has 18 heavy (non-hydrogen) atoms. The average Bonchev–Trinajstić information content (AvgIpc) is 2.29. The van der Waals surface area contributed by atoms with Gasteiger partial charge in [0.05, 0.1) is 0 Å². The number of para-hydroxylation sites is 1. The van der Waals surface area contributed by atoms with E-state index in [1.54, 1.807) is 31.2 Å². The van der Waals surface area contributed by atoms with E-state index in [0.29, 0.717) is 5.69 Å². The molecule has 0 heterocycles. The number of hydrogen-bond acceptors (Lipinski definition) is 3. The first-order valence-electron chi connectivity index (χ1n) is 5.43. The maximum atomic E-state index is 11.4. The number of ether oxygens (including phenoxy) is 1. The molecule has 1 aromatic rings. The van der Waals surface area contributed by atoms with Crippen molar-refractivity contribution in [2.75, 3.05) is 4.90 Å². The molecule has 2 amide bonds. The number of anilines is 1. The summed E-state index contributed by atoms with van der Waals surface area (Å²) in [7, 11) is 0. The van der Waals surface area contributed by atoms with Gasteiger partial charge in [-0.2, -0.15) is 0 Å². The van der Waals surface area contributed by atoms with Crippen LogP contribution < -0.4 is 10.6 Å². The second-order valence-corrected chi connectivity index (χ2v) is 3.83. The van der Waals surface area contributed by atoms with Crippen molar-refractivity contribution >= 4 is 17.7 Å². The number of rotatable bonds is 4. The third kappa shape index (κ3) is 3.35. The van der Waals surface area contributed by atoms with Crippen molar-refractivity contribution in [3.05, 3.63) is 42.5 Å². The van der Waals surface area contributed by atoms with Crippen molar-refractivity contribution in [3.8, 4) is 0 Å². The third-order valence-corrected chi connectivity index (χ3v) is 2.26. The van der Waals surface area contributed by atoms with Crippen LogP contribution in [-0.4, -0.2) is 18.2 Å². The predicted molar refractivity (Wildman–Crippen MR) is 68.9 cm³/mol. The van der Waals surface area contributed by atoms with E-state index in [4.69, 9.17) is 10.5 Å². The molecule has 0 aliphatic carbocycles. The number of hydrogen-bond donors (Lipinski definition) is 1. The van der Waals surface area contributed by atoms with Gasteiger partial charge in [-0.3, -0.25) is 4.90 Å². The number of carbonyl (C=O) groups excluding carboxylic acids is 2. The molecular formula is C13H16N2O3. The van der Waals surface area contributed by atoms with Gasteiger partial charge in [0.25, 0.3) is 0 Å². The monoisotopic (exact) mass is 248 g/mol. The predicted octanol–water partition coefficient (Wildman–Crippen LogP) is 2.04. The molecule has 1 unspecified atom stereocenters. The molecule has 0 spiro atoms. The van der Waals surface area contributed by atoms with E-state index in [-0.39, 0.29) is 5.57 Å². The lowest BCUT2D eigenvalue weighted by Gasteiger charge is -2.27.